The van der Waals surface area contributed by atoms with Crippen molar-refractivity contribution in [2.24, 2.45) is 0 Å². The summed E-state index contributed by atoms with van der Waals surface area (Å²) in [4.78, 5) is 32.1. The number of carbonyl (C=O) groups excluding carboxylic acids is 2. The van der Waals surface area contributed by atoms with Gasteiger partial charge in [0, 0.05) is 11.2 Å². The Kier molecular flexibility index (Phi) is 4.24. The molecule has 1 saturated heterocycles. The van der Waals surface area contributed by atoms with Crippen LogP contribution in [0.4, 0.5) is 15.9 Å². The van der Waals surface area contributed by atoms with Crippen LogP contribution >= 0.6 is 11.6 Å². The Morgan fingerprint density at radius 2 is 2.04 bits per heavy atom. The van der Waals surface area contributed by atoms with Crippen LogP contribution < -0.4 is 10.2 Å². The number of nitrogens with one attached hydrogen (secondary N) is 1. The van der Waals surface area contributed by atoms with Gasteiger partial charge in [-0.25, -0.2) is 9.37 Å². The number of halogens is 2. The van der Waals surface area contributed by atoms with E-state index in [1.807, 2.05) is 12.1 Å². The summed E-state index contributed by atoms with van der Waals surface area (Å²) in [6.45, 7) is 0.681. The minimum atomic E-state index is -0.964. The number of rotatable bonds is 3. The highest BCUT2D eigenvalue weighted by molar-refractivity contribution is 6.30. The first-order chi connectivity index (χ1) is 12.5. The first-order valence-corrected chi connectivity index (χ1v) is 8.61. The van der Waals surface area contributed by atoms with Crippen molar-refractivity contribution in [1.29, 1.82) is 0 Å². The smallest absolute Gasteiger partial charge is 0.255 e. The van der Waals surface area contributed by atoms with Gasteiger partial charge in [-0.05, 0) is 23.8 Å². The van der Waals surface area contributed by atoms with E-state index in [0.717, 1.165) is 5.56 Å². The van der Waals surface area contributed by atoms with Gasteiger partial charge in [0.2, 0.25) is 5.91 Å². The lowest BCUT2D eigenvalue weighted by Crippen LogP contribution is -2.51. The maximum Gasteiger partial charge on any atom is 0.255 e. The number of likely N-dealkylation sites (tertiary alicyclic amines) is 1. The van der Waals surface area contributed by atoms with Crippen LogP contribution in [0.2, 0.25) is 5.02 Å². The number of hydrogen-bond acceptors (Lipinski definition) is 4. The molecule has 2 amide bonds. The fourth-order valence-corrected chi connectivity index (χ4v) is 3.15. The summed E-state index contributed by atoms with van der Waals surface area (Å²) in [5.41, 5.74) is 1.79. The number of nitrogens with zero attached hydrogens (tertiary/aromatic N) is 3. The number of carbonyl (C=O) groups is 2. The molecule has 1 N–H and O–H groups in total. The molecule has 0 bridgehead atoms. The van der Waals surface area contributed by atoms with Gasteiger partial charge in [0.1, 0.15) is 6.17 Å². The summed E-state index contributed by atoms with van der Waals surface area (Å²) in [6, 6.07) is 8.86. The van der Waals surface area contributed by atoms with E-state index >= 15 is 0 Å². The highest BCUT2D eigenvalue weighted by Crippen LogP contribution is 2.31. The number of hydrogen-bond donors (Lipinski definition) is 1. The zero-order valence-electron chi connectivity index (χ0n) is 13.8. The van der Waals surface area contributed by atoms with Crippen molar-refractivity contribution in [2.45, 2.75) is 12.7 Å². The Balaban J connectivity index is 1.63. The van der Waals surface area contributed by atoms with Gasteiger partial charge in [-0.15, -0.1) is 0 Å². The van der Waals surface area contributed by atoms with Crippen molar-refractivity contribution in [2.75, 3.05) is 29.9 Å². The van der Waals surface area contributed by atoms with Crippen LogP contribution in [0.1, 0.15) is 15.9 Å². The van der Waals surface area contributed by atoms with Crippen LogP contribution in [0.3, 0.4) is 0 Å². The Hall–Kier alpha value is -2.67. The number of aromatic nitrogens is 1. The quantitative estimate of drug-likeness (QED) is 0.896. The monoisotopic (exact) mass is 374 g/mol. The average molecular weight is 375 g/mol. The number of fused-ring (bicyclic) bond motifs is 1. The zero-order chi connectivity index (χ0) is 18.3. The average Bonchev–Trinajstić information content (AvgIpc) is 2.62. The first kappa shape index (κ1) is 16.8. The minimum Gasteiger partial charge on any atom is -0.359 e. The van der Waals surface area contributed by atoms with Gasteiger partial charge in [-0.3, -0.25) is 9.59 Å². The third-order valence-corrected chi connectivity index (χ3v) is 4.74. The third kappa shape index (κ3) is 3.10. The second-order valence-electron chi connectivity index (χ2n) is 6.36. The fourth-order valence-electron chi connectivity index (χ4n) is 3.02. The van der Waals surface area contributed by atoms with Gasteiger partial charge in [0.15, 0.2) is 5.82 Å². The summed E-state index contributed by atoms with van der Waals surface area (Å²) in [5, 5.41) is 3.58. The maximum atomic E-state index is 13.0. The van der Waals surface area contributed by atoms with Crippen LogP contribution in [0.5, 0.6) is 0 Å². The van der Waals surface area contributed by atoms with E-state index in [1.165, 1.54) is 11.1 Å². The van der Waals surface area contributed by atoms with Crippen molar-refractivity contribution in [3.63, 3.8) is 0 Å². The van der Waals surface area contributed by atoms with Crippen LogP contribution in [0.25, 0.3) is 0 Å². The van der Waals surface area contributed by atoms with Crippen molar-refractivity contribution < 1.29 is 14.0 Å². The van der Waals surface area contributed by atoms with Gasteiger partial charge in [0.25, 0.3) is 5.91 Å². The van der Waals surface area contributed by atoms with Crippen molar-refractivity contribution in [3.8, 4) is 0 Å². The molecule has 4 rings (SSSR count). The van der Waals surface area contributed by atoms with Crippen LogP contribution in [-0.4, -0.2) is 47.5 Å². The molecule has 0 aliphatic carbocycles. The number of pyridine rings is 1. The summed E-state index contributed by atoms with van der Waals surface area (Å²) < 4.78 is 13.0. The summed E-state index contributed by atoms with van der Waals surface area (Å²) in [6.07, 6.45) is 0.491. The van der Waals surface area contributed by atoms with E-state index in [9.17, 15) is 14.0 Å². The number of anilines is 2. The molecule has 8 heteroatoms. The van der Waals surface area contributed by atoms with Gasteiger partial charge < -0.3 is 15.1 Å². The molecule has 2 aromatic rings. The van der Waals surface area contributed by atoms with Crippen LogP contribution in [0, 0.1) is 0 Å². The van der Waals surface area contributed by atoms with E-state index < -0.39 is 6.17 Å². The molecular formula is C18H16ClFN4O2. The molecule has 0 unspecified atom stereocenters. The molecule has 1 aromatic heterocycles. The largest absolute Gasteiger partial charge is 0.359 e. The number of benzene rings is 1. The minimum absolute atomic E-state index is 0.0988. The van der Waals surface area contributed by atoms with Crippen molar-refractivity contribution in [1.82, 2.24) is 9.88 Å². The van der Waals surface area contributed by atoms with E-state index in [1.54, 1.807) is 23.1 Å². The highest BCUT2D eigenvalue weighted by atomic mass is 35.5. The molecule has 0 spiro atoms. The van der Waals surface area contributed by atoms with E-state index in [2.05, 4.69) is 10.3 Å². The molecule has 1 fully saturated rings. The molecule has 0 atom stereocenters. The Labute approximate surface area is 154 Å². The second-order valence-corrected chi connectivity index (χ2v) is 6.80. The normalized spacial score (nSPS) is 16.8. The van der Waals surface area contributed by atoms with Crippen LogP contribution in [-0.2, 0) is 11.3 Å². The van der Waals surface area contributed by atoms with E-state index in [-0.39, 0.29) is 31.4 Å². The lowest BCUT2D eigenvalue weighted by molar-refractivity contribution is -0.117. The van der Waals surface area contributed by atoms with Gasteiger partial charge in [-0.1, -0.05) is 23.7 Å². The zero-order valence-corrected chi connectivity index (χ0v) is 14.5. The standard InChI is InChI=1S/C18H16ClFN4O2/c19-13-3-1-11(2-4-13)8-24-15-5-12(18(26)23-9-14(20)10-23)6-21-17(15)22-7-16(24)25/h1-6,14H,7-10H2,(H,21,22). The Bertz CT molecular complexity index is 868. The molecule has 134 valence electrons. The molecule has 0 saturated carbocycles. The predicted molar refractivity (Wildman–Crippen MR) is 96.2 cm³/mol. The molecule has 1 aromatic carbocycles. The Morgan fingerprint density at radius 3 is 2.73 bits per heavy atom. The van der Waals surface area contributed by atoms with Crippen molar-refractivity contribution >= 4 is 34.9 Å². The topological polar surface area (TPSA) is 65.5 Å². The third-order valence-electron chi connectivity index (χ3n) is 4.49. The lowest BCUT2D eigenvalue weighted by Gasteiger charge is -2.35. The maximum absolute atomic E-state index is 13.0. The molecule has 2 aliphatic heterocycles. The molecule has 3 heterocycles. The fraction of sp³-hybridized carbons (Fsp3) is 0.278. The van der Waals surface area contributed by atoms with E-state index in [4.69, 9.17) is 11.6 Å². The molecular weight excluding hydrogens is 359 g/mol. The number of amides is 2. The summed E-state index contributed by atoms with van der Waals surface area (Å²) in [5.74, 6) is 0.146. The summed E-state index contributed by atoms with van der Waals surface area (Å²) >= 11 is 5.91. The first-order valence-electron chi connectivity index (χ1n) is 8.23. The van der Waals surface area contributed by atoms with Crippen molar-refractivity contribution in [3.05, 3.63) is 52.7 Å². The number of alkyl halides is 1. The molecule has 26 heavy (non-hydrogen) atoms. The van der Waals surface area contributed by atoms with Gasteiger partial charge >= 0.3 is 0 Å². The Morgan fingerprint density at radius 1 is 1.31 bits per heavy atom. The van der Waals surface area contributed by atoms with Gasteiger partial charge in [0.05, 0.1) is 37.4 Å². The molecule has 6 nitrogen and oxygen atoms in total. The molecule has 0 radical (unpaired) electrons. The predicted octanol–water partition coefficient (Wildman–Crippen LogP) is 2.49. The lowest BCUT2D eigenvalue weighted by atomic mass is 10.1. The van der Waals surface area contributed by atoms with Crippen LogP contribution in [0.15, 0.2) is 36.5 Å². The second kappa shape index (κ2) is 6.57. The molecule has 2 aliphatic rings. The summed E-state index contributed by atoms with van der Waals surface area (Å²) in [7, 11) is 0. The van der Waals surface area contributed by atoms with E-state index in [0.29, 0.717) is 28.6 Å². The SMILES string of the molecule is O=C(c1cnc2c(c1)N(Cc1ccc(Cl)cc1)C(=O)CN2)N1CC(F)C1. The van der Waals surface area contributed by atoms with Gasteiger partial charge in [-0.2, -0.15) is 0 Å². The highest BCUT2D eigenvalue weighted by Gasteiger charge is 2.32.